The van der Waals surface area contributed by atoms with Crippen LogP contribution in [0.25, 0.3) is 0 Å². The molecule has 32 heavy (non-hydrogen) atoms. The zero-order chi connectivity index (χ0) is 23.8. The van der Waals surface area contributed by atoms with E-state index in [1.165, 1.54) is 36.3 Å². The van der Waals surface area contributed by atoms with Crippen LogP contribution in [0.3, 0.4) is 0 Å². The molecular weight excluding hydrogens is 447 g/mol. The molecule has 1 aliphatic heterocycles. The fraction of sp³-hybridized carbons (Fsp3) is 0.409. The van der Waals surface area contributed by atoms with Crippen molar-refractivity contribution in [2.45, 2.75) is 36.9 Å². The molecule has 1 saturated heterocycles. The van der Waals surface area contributed by atoms with Crippen molar-refractivity contribution in [3.63, 3.8) is 0 Å². The van der Waals surface area contributed by atoms with Gasteiger partial charge in [-0.15, -0.1) is 0 Å². The van der Waals surface area contributed by atoms with Crippen LogP contribution in [0.5, 0.6) is 11.5 Å². The number of carbonyl (C=O) groups excluding carboxylic acids is 1. The van der Waals surface area contributed by atoms with Crippen molar-refractivity contribution >= 4 is 15.7 Å². The topological polar surface area (TPSA) is 72.9 Å². The number of rotatable bonds is 6. The number of ether oxygens (including phenoxy) is 2. The Labute approximate surface area is 184 Å². The molecule has 1 heterocycles. The van der Waals surface area contributed by atoms with Crippen molar-refractivity contribution in [2.75, 3.05) is 26.5 Å². The number of nitrogens with zero attached hydrogens (tertiary/aromatic N) is 1. The van der Waals surface area contributed by atoms with Gasteiger partial charge in [0.15, 0.2) is 15.6 Å². The third-order valence-electron chi connectivity index (χ3n) is 5.14. The molecule has 10 heteroatoms. The molecule has 6 nitrogen and oxygen atoms in total. The molecule has 0 bridgehead atoms. The Morgan fingerprint density at radius 1 is 1.09 bits per heavy atom. The van der Waals surface area contributed by atoms with Gasteiger partial charge in [0, 0.05) is 25.3 Å². The first-order chi connectivity index (χ1) is 14.8. The maximum atomic E-state index is 13.3. The molecule has 0 radical (unpaired) electrons. The number of amides is 1. The van der Waals surface area contributed by atoms with Crippen molar-refractivity contribution in [2.24, 2.45) is 0 Å². The number of alkyl halides is 3. The van der Waals surface area contributed by atoms with Crippen LogP contribution in [0.15, 0.2) is 41.3 Å². The highest BCUT2D eigenvalue weighted by atomic mass is 32.2. The lowest BCUT2D eigenvalue weighted by Crippen LogP contribution is -2.48. The molecule has 0 N–H and O–H groups in total. The molecule has 1 fully saturated rings. The van der Waals surface area contributed by atoms with Crippen molar-refractivity contribution in [3.8, 4) is 11.5 Å². The van der Waals surface area contributed by atoms with E-state index in [0.29, 0.717) is 5.56 Å². The van der Waals surface area contributed by atoms with Crippen molar-refractivity contribution in [1.82, 2.24) is 4.90 Å². The summed E-state index contributed by atoms with van der Waals surface area (Å²) in [7, 11) is -2.40. The lowest BCUT2D eigenvalue weighted by atomic mass is 9.90. The van der Waals surface area contributed by atoms with E-state index < -0.39 is 27.5 Å². The zero-order valence-electron chi connectivity index (χ0n) is 18.1. The van der Waals surface area contributed by atoms with Crippen molar-refractivity contribution in [1.29, 1.82) is 0 Å². The number of halogens is 3. The number of hydrogen-bond acceptors (Lipinski definition) is 5. The second-order valence-electron chi connectivity index (χ2n) is 7.94. The first-order valence-corrected chi connectivity index (χ1v) is 11.8. The Kier molecular flexibility index (Phi) is 6.46. The van der Waals surface area contributed by atoms with E-state index in [2.05, 4.69) is 0 Å². The van der Waals surface area contributed by atoms with E-state index >= 15 is 0 Å². The van der Waals surface area contributed by atoms with Gasteiger partial charge in [-0.1, -0.05) is 12.1 Å². The van der Waals surface area contributed by atoms with Gasteiger partial charge in [-0.3, -0.25) is 4.79 Å². The van der Waals surface area contributed by atoms with Crippen LogP contribution in [0, 0.1) is 0 Å². The summed E-state index contributed by atoms with van der Waals surface area (Å²) in [6, 6.07) is 7.63. The Bertz CT molecular complexity index is 1110. The van der Waals surface area contributed by atoms with Crippen molar-refractivity contribution in [3.05, 3.63) is 53.1 Å². The summed E-state index contributed by atoms with van der Waals surface area (Å²) < 4.78 is 73.7. The number of likely N-dealkylation sites (tertiary alicyclic amines) is 1. The highest BCUT2D eigenvalue weighted by Gasteiger charge is 2.37. The summed E-state index contributed by atoms with van der Waals surface area (Å²) in [6.45, 7) is 4.10. The molecule has 2 aromatic carbocycles. The molecule has 0 atom stereocenters. The maximum absolute atomic E-state index is 13.3. The van der Waals surface area contributed by atoms with E-state index in [4.69, 9.17) is 9.47 Å². The number of sulfone groups is 1. The molecule has 1 amide bonds. The SMILES string of the molecule is COc1c(S(C)(=O)=O)ccc(OC(C)C)c1C(=O)N1CC(c2ccc(C(F)(F)F)cc2)C1. The van der Waals surface area contributed by atoms with Crippen molar-refractivity contribution < 1.29 is 35.9 Å². The average Bonchev–Trinajstić information content (AvgIpc) is 2.64. The molecular formula is C22H24F3NO5S. The van der Waals surface area contributed by atoms with Crippen LogP contribution >= 0.6 is 0 Å². The number of carbonyl (C=O) groups is 1. The molecule has 3 rings (SSSR count). The van der Waals surface area contributed by atoms with Gasteiger partial charge in [0.1, 0.15) is 16.2 Å². The molecule has 174 valence electrons. The fourth-order valence-electron chi connectivity index (χ4n) is 3.55. The van der Waals surface area contributed by atoms with Gasteiger partial charge < -0.3 is 14.4 Å². The van der Waals surface area contributed by atoms with Crippen LogP contribution < -0.4 is 9.47 Å². The summed E-state index contributed by atoms with van der Waals surface area (Å²) in [5.41, 5.74) is -0.0288. The minimum absolute atomic E-state index is 0.00925. The molecule has 0 aliphatic carbocycles. The number of methoxy groups -OCH3 is 1. The van der Waals surface area contributed by atoms with E-state index in [-0.39, 0.29) is 47.1 Å². The Balaban J connectivity index is 1.88. The predicted molar refractivity (Wildman–Crippen MR) is 112 cm³/mol. The monoisotopic (exact) mass is 471 g/mol. The van der Waals surface area contributed by atoms with E-state index in [1.54, 1.807) is 13.8 Å². The minimum Gasteiger partial charge on any atom is -0.494 e. The van der Waals surface area contributed by atoms with Crippen LogP contribution in [-0.4, -0.2) is 51.8 Å². The maximum Gasteiger partial charge on any atom is 0.416 e. The van der Waals surface area contributed by atoms with Gasteiger partial charge in [-0.05, 0) is 43.7 Å². The molecule has 0 spiro atoms. The third-order valence-corrected chi connectivity index (χ3v) is 6.26. The Hall–Kier alpha value is -2.75. The van der Waals surface area contributed by atoms with Crippen LogP contribution in [-0.2, 0) is 16.0 Å². The highest BCUT2D eigenvalue weighted by molar-refractivity contribution is 7.90. The van der Waals surface area contributed by atoms with E-state index in [1.807, 2.05) is 0 Å². The van der Waals surface area contributed by atoms with Crippen LogP contribution in [0.2, 0.25) is 0 Å². The Morgan fingerprint density at radius 2 is 1.69 bits per heavy atom. The first-order valence-electron chi connectivity index (χ1n) is 9.87. The molecule has 0 aromatic heterocycles. The van der Waals surface area contributed by atoms with Crippen LogP contribution in [0.1, 0.15) is 41.3 Å². The van der Waals surface area contributed by atoms with Gasteiger partial charge in [0.05, 0.1) is 18.8 Å². The average molecular weight is 471 g/mol. The molecule has 0 unspecified atom stereocenters. The largest absolute Gasteiger partial charge is 0.494 e. The summed E-state index contributed by atoms with van der Waals surface area (Å²) in [5, 5.41) is 0. The summed E-state index contributed by atoms with van der Waals surface area (Å²) in [4.78, 5) is 14.6. The van der Waals surface area contributed by atoms with Gasteiger partial charge in [0.2, 0.25) is 0 Å². The molecule has 1 aliphatic rings. The number of hydrogen-bond donors (Lipinski definition) is 0. The normalized spacial score (nSPS) is 14.9. The standard InChI is InChI=1S/C22H24F3NO5S/c1-13(2)31-17-9-10-18(32(4,28)29)20(30-3)19(17)21(27)26-11-15(12-26)14-5-7-16(8-6-14)22(23,24)25/h5-10,13,15H,11-12H2,1-4H3. The lowest BCUT2D eigenvalue weighted by Gasteiger charge is -2.40. The zero-order valence-corrected chi connectivity index (χ0v) is 18.9. The van der Waals surface area contributed by atoms with Crippen LogP contribution in [0.4, 0.5) is 13.2 Å². The Morgan fingerprint density at radius 3 is 2.16 bits per heavy atom. The summed E-state index contributed by atoms with van der Waals surface area (Å²) in [6.07, 6.45) is -3.66. The van der Waals surface area contributed by atoms with Gasteiger partial charge in [0.25, 0.3) is 5.91 Å². The minimum atomic E-state index is -4.41. The predicted octanol–water partition coefficient (Wildman–Crippen LogP) is 4.14. The second-order valence-corrected chi connectivity index (χ2v) is 9.92. The highest BCUT2D eigenvalue weighted by Crippen LogP contribution is 2.39. The number of benzene rings is 2. The van der Waals surface area contributed by atoms with E-state index in [0.717, 1.165) is 18.4 Å². The quantitative estimate of drug-likeness (QED) is 0.633. The third kappa shape index (κ3) is 4.85. The van der Waals surface area contributed by atoms with Gasteiger partial charge in [-0.25, -0.2) is 8.42 Å². The molecule has 0 saturated carbocycles. The summed E-state index contributed by atoms with van der Waals surface area (Å²) >= 11 is 0. The summed E-state index contributed by atoms with van der Waals surface area (Å²) in [5.74, 6) is -0.480. The fourth-order valence-corrected chi connectivity index (χ4v) is 4.39. The van der Waals surface area contributed by atoms with E-state index in [9.17, 15) is 26.4 Å². The second kappa shape index (κ2) is 8.65. The van der Waals surface area contributed by atoms with Gasteiger partial charge in [-0.2, -0.15) is 13.2 Å². The lowest BCUT2D eigenvalue weighted by molar-refractivity contribution is -0.137. The molecule has 2 aromatic rings. The van der Waals surface area contributed by atoms with Gasteiger partial charge >= 0.3 is 6.18 Å². The first kappa shape index (κ1) is 23.9. The smallest absolute Gasteiger partial charge is 0.416 e.